The number of nitrogens with two attached hydrogens (primary N) is 1. The van der Waals surface area contributed by atoms with E-state index < -0.39 is 0 Å². The van der Waals surface area contributed by atoms with Crippen molar-refractivity contribution >= 4 is 16.8 Å². The van der Waals surface area contributed by atoms with Gasteiger partial charge in [0.15, 0.2) is 0 Å². The summed E-state index contributed by atoms with van der Waals surface area (Å²) in [5.74, 6) is 0.381. The summed E-state index contributed by atoms with van der Waals surface area (Å²) >= 11 is 0. The van der Waals surface area contributed by atoms with Gasteiger partial charge in [-0.15, -0.1) is 0 Å². The van der Waals surface area contributed by atoms with Crippen molar-refractivity contribution in [3.63, 3.8) is 0 Å². The Kier molecular flexibility index (Phi) is 2.83. The standard InChI is InChI=1S/C4H11NOS/c1-7(2)3-4(5)6/h7H,3H2,1-2H3,(H2,5,6). The molecule has 0 aromatic rings. The number of carbonyl (C=O) groups excluding carboxylic acids is 1. The predicted octanol–water partition coefficient (Wildman–Crippen LogP) is -0.267. The van der Waals surface area contributed by atoms with Crippen LogP contribution in [-0.2, 0) is 4.79 Å². The molecular weight excluding hydrogens is 110 g/mol. The van der Waals surface area contributed by atoms with Crippen LogP contribution in [0.15, 0.2) is 0 Å². The van der Waals surface area contributed by atoms with Crippen LogP contribution in [0.1, 0.15) is 0 Å². The molecule has 2 nitrogen and oxygen atoms in total. The van der Waals surface area contributed by atoms with Gasteiger partial charge in [-0.2, -0.15) is 0 Å². The van der Waals surface area contributed by atoms with Gasteiger partial charge in [-0.1, -0.05) is 0 Å². The van der Waals surface area contributed by atoms with Crippen LogP contribution >= 0.6 is 10.9 Å². The zero-order chi connectivity index (χ0) is 5.86. The average molecular weight is 121 g/mol. The Morgan fingerprint density at radius 2 is 2.14 bits per heavy atom. The number of hydrogen-bond acceptors (Lipinski definition) is 1. The van der Waals surface area contributed by atoms with Crippen LogP contribution in [0.2, 0.25) is 0 Å². The van der Waals surface area contributed by atoms with Crippen molar-refractivity contribution in [3.05, 3.63) is 0 Å². The smallest absolute Gasteiger partial charge is 0.225 e. The summed E-state index contributed by atoms with van der Waals surface area (Å²) in [7, 11) is -0.114. The van der Waals surface area contributed by atoms with E-state index in [4.69, 9.17) is 5.73 Å². The number of amides is 1. The minimum atomic E-state index is -0.184. The van der Waals surface area contributed by atoms with Gasteiger partial charge in [0, 0.05) is 0 Å². The van der Waals surface area contributed by atoms with Gasteiger partial charge in [0.25, 0.3) is 0 Å². The summed E-state index contributed by atoms with van der Waals surface area (Å²) in [6.45, 7) is 0. The van der Waals surface area contributed by atoms with Crippen molar-refractivity contribution in [1.82, 2.24) is 0 Å². The Bertz CT molecular complexity index is 72.1. The lowest BCUT2D eigenvalue weighted by atomic mass is 10.8. The van der Waals surface area contributed by atoms with E-state index in [1.54, 1.807) is 0 Å². The SMILES string of the molecule is C[SH](C)CC(N)=O. The molecule has 0 saturated heterocycles. The molecule has 0 unspecified atom stereocenters. The molecule has 0 fully saturated rings. The van der Waals surface area contributed by atoms with Crippen LogP contribution in [0.4, 0.5) is 0 Å². The molecule has 1 amide bonds. The largest absolute Gasteiger partial charge is 0.369 e. The Morgan fingerprint density at radius 3 is 2.14 bits per heavy atom. The van der Waals surface area contributed by atoms with Crippen LogP contribution < -0.4 is 5.73 Å². The second-order valence-electron chi connectivity index (χ2n) is 1.70. The van der Waals surface area contributed by atoms with Gasteiger partial charge in [-0.05, 0) is 12.5 Å². The highest BCUT2D eigenvalue weighted by Crippen LogP contribution is 2.09. The van der Waals surface area contributed by atoms with Gasteiger partial charge >= 0.3 is 0 Å². The molecule has 44 valence electrons. The Hall–Kier alpha value is -0.180. The van der Waals surface area contributed by atoms with Crippen LogP contribution in [0.5, 0.6) is 0 Å². The second kappa shape index (κ2) is 2.91. The van der Waals surface area contributed by atoms with E-state index in [9.17, 15) is 4.79 Å². The third-order valence-corrected chi connectivity index (χ3v) is 1.42. The highest BCUT2D eigenvalue weighted by molar-refractivity contribution is 8.16. The monoisotopic (exact) mass is 121 g/mol. The molecule has 0 bridgehead atoms. The lowest BCUT2D eigenvalue weighted by Gasteiger charge is -2.01. The topological polar surface area (TPSA) is 43.1 Å². The molecular formula is C4H11NOS. The first kappa shape index (κ1) is 6.82. The predicted molar refractivity (Wildman–Crippen MR) is 34.9 cm³/mol. The maximum atomic E-state index is 10.0. The fraction of sp³-hybridized carbons (Fsp3) is 0.750. The van der Waals surface area contributed by atoms with E-state index in [2.05, 4.69) is 0 Å². The van der Waals surface area contributed by atoms with Crippen molar-refractivity contribution in [2.24, 2.45) is 5.73 Å². The molecule has 0 rings (SSSR count). The van der Waals surface area contributed by atoms with Gasteiger partial charge < -0.3 is 5.73 Å². The lowest BCUT2D eigenvalue weighted by molar-refractivity contribution is -0.115. The zero-order valence-electron chi connectivity index (χ0n) is 4.64. The molecule has 0 aromatic heterocycles. The Morgan fingerprint density at radius 1 is 1.71 bits per heavy atom. The summed E-state index contributed by atoms with van der Waals surface area (Å²) in [5.41, 5.74) is 4.87. The number of carbonyl (C=O) groups is 1. The maximum Gasteiger partial charge on any atom is 0.225 e. The van der Waals surface area contributed by atoms with Gasteiger partial charge in [0.2, 0.25) is 5.91 Å². The van der Waals surface area contributed by atoms with E-state index in [0.717, 1.165) is 0 Å². The fourth-order valence-electron chi connectivity index (χ4n) is 0.312. The molecule has 0 aliphatic rings. The van der Waals surface area contributed by atoms with E-state index in [0.29, 0.717) is 5.75 Å². The number of thiol groups is 1. The first-order valence-electron chi connectivity index (χ1n) is 2.06. The van der Waals surface area contributed by atoms with Crippen molar-refractivity contribution in [3.8, 4) is 0 Å². The van der Waals surface area contributed by atoms with Crippen LogP contribution in [0, 0.1) is 0 Å². The van der Waals surface area contributed by atoms with Gasteiger partial charge in [-0.25, -0.2) is 0 Å². The fourth-order valence-corrected chi connectivity index (χ4v) is 0.935. The Balaban J connectivity index is 3.13. The summed E-state index contributed by atoms with van der Waals surface area (Å²) in [4.78, 5) is 10.0. The van der Waals surface area contributed by atoms with Gasteiger partial charge in [0.05, 0.1) is 5.75 Å². The summed E-state index contributed by atoms with van der Waals surface area (Å²) < 4.78 is 0. The minimum absolute atomic E-state index is 0.114. The Labute approximate surface area is 46.4 Å². The molecule has 0 radical (unpaired) electrons. The quantitative estimate of drug-likeness (QED) is 0.485. The summed E-state index contributed by atoms with van der Waals surface area (Å²) in [5, 5.41) is 0. The highest BCUT2D eigenvalue weighted by Gasteiger charge is 1.92. The van der Waals surface area contributed by atoms with Gasteiger partial charge in [-0.3, -0.25) is 15.7 Å². The van der Waals surface area contributed by atoms with E-state index in [-0.39, 0.29) is 16.8 Å². The molecule has 3 heteroatoms. The third kappa shape index (κ3) is 5.82. The van der Waals surface area contributed by atoms with Crippen LogP contribution in [0.3, 0.4) is 0 Å². The van der Waals surface area contributed by atoms with Gasteiger partial charge in [0.1, 0.15) is 0 Å². The van der Waals surface area contributed by atoms with Crippen molar-refractivity contribution in [2.75, 3.05) is 18.3 Å². The van der Waals surface area contributed by atoms with Crippen molar-refractivity contribution < 1.29 is 4.79 Å². The molecule has 0 atom stereocenters. The summed E-state index contributed by atoms with van der Waals surface area (Å²) in [6, 6.07) is 0. The van der Waals surface area contributed by atoms with Crippen LogP contribution in [-0.4, -0.2) is 24.2 Å². The second-order valence-corrected chi connectivity index (χ2v) is 4.18. The molecule has 0 spiro atoms. The van der Waals surface area contributed by atoms with E-state index >= 15 is 0 Å². The molecule has 0 aromatic carbocycles. The van der Waals surface area contributed by atoms with Crippen molar-refractivity contribution in [2.45, 2.75) is 0 Å². The third-order valence-electron chi connectivity index (χ3n) is 0.472. The number of primary amides is 1. The van der Waals surface area contributed by atoms with Crippen molar-refractivity contribution in [1.29, 1.82) is 0 Å². The molecule has 2 N–H and O–H groups in total. The number of hydrogen-bond donors (Lipinski definition) is 2. The van der Waals surface area contributed by atoms with E-state index in [1.165, 1.54) is 0 Å². The lowest BCUT2D eigenvalue weighted by Crippen LogP contribution is -2.14. The average Bonchev–Trinajstić information content (AvgIpc) is 1.27. The normalized spacial score (nSPS) is 10.9. The van der Waals surface area contributed by atoms with Crippen LogP contribution in [0.25, 0.3) is 0 Å². The minimum Gasteiger partial charge on any atom is -0.369 e. The molecule has 0 aliphatic carbocycles. The molecule has 0 saturated carbocycles. The molecule has 0 aliphatic heterocycles. The number of rotatable bonds is 2. The molecule has 7 heavy (non-hydrogen) atoms. The first-order valence-corrected chi connectivity index (χ1v) is 4.48. The first-order chi connectivity index (χ1) is 3.13. The maximum absolute atomic E-state index is 10.0. The zero-order valence-corrected chi connectivity index (χ0v) is 5.53. The highest BCUT2D eigenvalue weighted by atomic mass is 32.2. The summed E-state index contributed by atoms with van der Waals surface area (Å²) in [6.07, 6.45) is 4.06. The van der Waals surface area contributed by atoms with E-state index in [1.807, 2.05) is 12.5 Å². The molecule has 0 heterocycles.